The highest BCUT2D eigenvalue weighted by Gasteiger charge is 2.18. The molecule has 1 aromatic heterocycles. The van der Waals surface area contributed by atoms with Crippen molar-refractivity contribution in [3.8, 4) is 0 Å². The zero-order valence-corrected chi connectivity index (χ0v) is 37.1. The van der Waals surface area contributed by atoms with E-state index in [1.807, 2.05) is 116 Å². The predicted octanol–water partition coefficient (Wildman–Crippen LogP) is 12.8. The summed E-state index contributed by atoms with van der Waals surface area (Å²) in [6, 6.07) is 45.8. The first-order chi connectivity index (χ1) is 30.6. The van der Waals surface area contributed by atoms with Gasteiger partial charge < -0.3 is 14.2 Å². The summed E-state index contributed by atoms with van der Waals surface area (Å²) < 4.78 is 2.23. The number of benzene rings is 6. The molecule has 10 heteroatoms. The Morgan fingerprint density at radius 3 is 1.81 bits per heavy atom. The van der Waals surface area contributed by atoms with E-state index in [1.165, 1.54) is 6.92 Å². The lowest BCUT2D eigenvalue weighted by atomic mass is 9.97. The fourth-order valence-electron chi connectivity index (χ4n) is 7.09. The third-order valence-corrected chi connectivity index (χ3v) is 11.5. The van der Waals surface area contributed by atoms with Crippen LogP contribution in [0.25, 0.3) is 21.8 Å². The van der Waals surface area contributed by atoms with Crippen molar-refractivity contribution in [2.24, 2.45) is 10.3 Å². The molecule has 0 N–H and O–H groups in total. The number of carbonyl (C=O) groups is 4. The number of ketones is 2. The number of rotatable bonds is 16. The summed E-state index contributed by atoms with van der Waals surface area (Å²) in [5.74, 6) is -1.22. The Kier molecular flexibility index (Phi) is 16.1. The lowest BCUT2D eigenvalue weighted by Crippen LogP contribution is -2.16. The van der Waals surface area contributed by atoms with Gasteiger partial charge in [0, 0.05) is 61.8 Å². The van der Waals surface area contributed by atoms with E-state index in [1.54, 1.807) is 55.1 Å². The molecule has 1 heterocycles. The van der Waals surface area contributed by atoms with Crippen molar-refractivity contribution in [1.82, 2.24) is 4.57 Å². The number of hydrogen-bond acceptors (Lipinski definition) is 9. The van der Waals surface area contributed by atoms with Crippen LogP contribution in [-0.4, -0.2) is 39.5 Å². The number of oxime groups is 2. The number of unbranched alkanes of at least 4 members (excludes halogenated alkanes) is 3. The molecule has 320 valence electrons. The van der Waals surface area contributed by atoms with E-state index < -0.39 is 11.9 Å². The third kappa shape index (κ3) is 11.9. The van der Waals surface area contributed by atoms with Gasteiger partial charge in [-0.15, -0.1) is 0 Å². The van der Waals surface area contributed by atoms with Gasteiger partial charge in [-0.05, 0) is 124 Å². The van der Waals surface area contributed by atoms with Crippen LogP contribution in [0.4, 0.5) is 0 Å². The minimum atomic E-state index is -0.570. The second kappa shape index (κ2) is 22.3. The second-order valence-corrected chi connectivity index (χ2v) is 16.1. The molecule has 0 aliphatic carbocycles. The molecule has 0 atom stereocenters. The number of carbonyl (C=O) groups excluding carboxylic acids is 4. The molecule has 0 amide bonds. The average Bonchev–Trinajstić information content (AvgIpc) is 3.63. The molecular weight excluding hydrogens is 807 g/mol. The van der Waals surface area contributed by atoms with Gasteiger partial charge in [-0.25, -0.2) is 9.59 Å². The zero-order chi connectivity index (χ0) is 44.7. The van der Waals surface area contributed by atoms with Gasteiger partial charge in [-0.1, -0.05) is 115 Å². The van der Waals surface area contributed by atoms with Crippen LogP contribution in [0, 0.1) is 6.92 Å². The molecule has 9 nitrogen and oxygen atoms in total. The van der Waals surface area contributed by atoms with Gasteiger partial charge in [0.05, 0.1) is 11.3 Å². The van der Waals surface area contributed by atoms with Crippen molar-refractivity contribution in [2.75, 3.05) is 0 Å². The number of nitrogens with zero attached hydrogens (tertiary/aromatic N) is 3. The Labute approximate surface area is 372 Å². The topological polar surface area (TPSA) is 116 Å². The van der Waals surface area contributed by atoms with Crippen molar-refractivity contribution >= 4 is 68.5 Å². The maximum absolute atomic E-state index is 13.2. The largest absolute Gasteiger partial charge is 0.365 e. The lowest BCUT2D eigenvalue weighted by molar-refractivity contribution is -0.140. The molecule has 63 heavy (non-hydrogen) atoms. The molecule has 0 unspecified atom stereocenters. The molecule has 0 spiro atoms. The van der Waals surface area contributed by atoms with Crippen molar-refractivity contribution in [3.63, 3.8) is 0 Å². The molecule has 0 bridgehead atoms. The van der Waals surface area contributed by atoms with Gasteiger partial charge >= 0.3 is 11.9 Å². The van der Waals surface area contributed by atoms with Crippen molar-refractivity contribution in [3.05, 3.63) is 179 Å². The summed E-state index contributed by atoms with van der Waals surface area (Å²) in [6.45, 7) is 10.1. The monoisotopic (exact) mass is 857 g/mol. The lowest BCUT2D eigenvalue weighted by Gasteiger charge is -2.07. The molecule has 0 saturated carbocycles. The van der Waals surface area contributed by atoms with Crippen LogP contribution >= 0.6 is 11.8 Å². The van der Waals surface area contributed by atoms with Crippen LogP contribution < -0.4 is 0 Å². The Morgan fingerprint density at radius 1 is 0.587 bits per heavy atom. The molecular formula is C53H51N3O6S. The summed E-state index contributed by atoms with van der Waals surface area (Å²) >= 11 is 1.64. The molecule has 0 radical (unpaired) electrons. The summed E-state index contributed by atoms with van der Waals surface area (Å²) in [6.07, 6.45) is 4.49. The van der Waals surface area contributed by atoms with Crippen LogP contribution in [0.15, 0.2) is 166 Å². The molecule has 7 rings (SSSR count). The van der Waals surface area contributed by atoms with Gasteiger partial charge in [0.25, 0.3) is 0 Å². The quantitative estimate of drug-likeness (QED) is 0.0312. The standard InChI is InChI=1S/C27H27NO3S.C26H24N2O3/c1-2-3-4-11-16-25(28-31-27(30)22-12-7-5-8-13-22)26(29)21-17-19-24(20-18-21)32-23-14-9-6-10-15-23;1-5-28-24-12-10-19(17(3)27-31-18(4)29)14-22(24)23-15-20(11-13-25(23)28)26(30)21-9-7-6-8-16(21)2/h5-10,12-15,17-20H,2-4,11,16H2,1H3;6-15H,5H2,1-4H3/b28-25-;27-17+. The number of aryl methyl sites for hydroxylation is 2. The van der Waals surface area contributed by atoms with E-state index in [4.69, 9.17) is 9.68 Å². The van der Waals surface area contributed by atoms with Crippen LogP contribution in [0.1, 0.15) is 108 Å². The highest BCUT2D eigenvalue weighted by Crippen LogP contribution is 2.32. The van der Waals surface area contributed by atoms with Crippen molar-refractivity contribution < 1.29 is 28.9 Å². The van der Waals surface area contributed by atoms with Crippen molar-refractivity contribution in [2.45, 2.75) is 83.1 Å². The van der Waals surface area contributed by atoms with Gasteiger partial charge in [0.2, 0.25) is 5.78 Å². The predicted molar refractivity (Wildman–Crippen MR) is 253 cm³/mol. The molecule has 0 aliphatic heterocycles. The molecule has 6 aromatic carbocycles. The van der Waals surface area contributed by atoms with E-state index in [9.17, 15) is 19.2 Å². The Morgan fingerprint density at radius 2 is 1.17 bits per heavy atom. The fourth-order valence-corrected chi connectivity index (χ4v) is 7.93. The summed E-state index contributed by atoms with van der Waals surface area (Å²) in [5, 5.41) is 9.93. The molecule has 0 aliphatic rings. The summed E-state index contributed by atoms with van der Waals surface area (Å²) in [5.41, 5.74) is 7.17. The first kappa shape index (κ1) is 45.6. The molecule has 0 saturated heterocycles. The highest BCUT2D eigenvalue weighted by atomic mass is 32.2. The first-order valence-corrected chi connectivity index (χ1v) is 22.0. The minimum Gasteiger partial charge on any atom is -0.341 e. The van der Waals surface area contributed by atoms with E-state index in [0.29, 0.717) is 34.4 Å². The summed E-state index contributed by atoms with van der Waals surface area (Å²) in [4.78, 5) is 61.7. The number of aromatic nitrogens is 1. The number of hydrogen-bond donors (Lipinski definition) is 0. The minimum absolute atomic E-state index is 0.0150. The van der Waals surface area contributed by atoms with Gasteiger partial charge in [0.15, 0.2) is 5.78 Å². The number of Topliss-reactive ketones (excluding diaryl/α,β-unsaturated/α-hetero) is 1. The SMILES string of the molecule is CCCCCC/C(=N/OC(=O)c1ccccc1)C(=O)c1ccc(Sc2ccccc2)cc1.CCn1c2ccc(C(=O)c3ccccc3C)cc2c2cc(/C(C)=N/OC(C)=O)ccc21. The Bertz CT molecular complexity index is 2780. The average molecular weight is 858 g/mol. The van der Waals surface area contributed by atoms with Crippen LogP contribution in [0.3, 0.4) is 0 Å². The first-order valence-electron chi connectivity index (χ1n) is 21.2. The van der Waals surface area contributed by atoms with Crippen LogP contribution in [-0.2, 0) is 21.0 Å². The fraction of sp³-hybridized carbons (Fsp3) is 0.208. The normalized spacial score (nSPS) is 11.5. The third-order valence-electron chi connectivity index (χ3n) is 10.4. The van der Waals surface area contributed by atoms with E-state index >= 15 is 0 Å². The highest BCUT2D eigenvalue weighted by molar-refractivity contribution is 7.99. The van der Waals surface area contributed by atoms with Gasteiger partial charge in [0.1, 0.15) is 5.71 Å². The second-order valence-electron chi connectivity index (χ2n) is 15.0. The van der Waals surface area contributed by atoms with Gasteiger partial charge in [-0.3, -0.25) is 9.59 Å². The van der Waals surface area contributed by atoms with Crippen LogP contribution in [0.2, 0.25) is 0 Å². The van der Waals surface area contributed by atoms with E-state index in [-0.39, 0.29) is 17.3 Å². The van der Waals surface area contributed by atoms with Crippen molar-refractivity contribution in [1.29, 1.82) is 0 Å². The molecule has 7 aromatic rings. The molecule has 0 fully saturated rings. The maximum atomic E-state index is 13.2. The van der Waals surface area contributed by atoms with Crippen LogP contribution in [0.5, 0.6) is 0 Å². The van der Waals surface area contributed by atoms with Gasteiger partial charge in [-0.2, -0.15) is 0 Å². The Balaban J connectivity index is 0.000000210. The summed E-state index contributed by atoms with van der Waals surface area (Å²) in [7, 11) is 0. The number of fused-ring (bicyclic) bond motifs is 3. The van der Waals surface area contributed by atoms with E-state index in [0.717, 1.165) is 75.0 Å². The maximum Gasteiger partial charge on any atom is 0.365 e. The van der Waals surface area contributed by atoms with E-state index in [2.05, 4.69) is 28.7 Å². The Hall–Kier alpha value is -6.91. The zero-order valence-electron chi connectivity index (χ0n) is 36.3. The smallest absolute Gasteiger partial charge is 0.341 e.